The van der Waals surface area contributed by atoms with E-state index < -0.39 is 23.8 Å². The quantitative estimate of drug-likeness (QED) is 0.663. The molecule has 0 amide bonds. The molecule has 0 aromatic heterocycles. The van der Waals surface area contributed by atoms with Crippen molar-refractivity contribution in [3.63, 3.8) is 0 Å². The van der Waals surface area contributed by atoms with Gasteiger partial charge in [-0.2, -0.15) is 0 Å². The normalized spacial score (nSPS) is 24.2. The van der Waals surface area contributed by atoms with Crippen LogP contribution in [-0.2, 0) is 23.9 Å². The molecular formula is C11H16O5. The predicted molar refractivity (Wildman–Crippen MR) is 54.5 cm³/mol. The molecule has 0 N–H and O–H groups in total. The molecule has 0 aliphatic heterocycles. The molecule has 0 saturated heterocycles. The topological polar surface area (TPSA) is 69.7 Å². The van der Waals surface area contributed by atoms with Gasteiger partial charge in [0.05, 0.1) is 25.0 Å². The van der Waals surface area contributed by atoms with E-state index in [-0.39, 0.29) is 31.8 Å². The summed E-state index contributed by atoms with van der Waals surface area (Å²) in [6.45, 7) is 3.88. The van der Waals surface area contributed by atoms with Crippen molar-refractivity contribution in [3.8, 4) is 0 Å². The number of esters is 2. The number of ether oxygens (including phenoxy) is 2. The fourth-order valence-electron chi connectivity index (χ4n) is 1.85. The van der Waals surface area contributed by atoms with Crippen molar-refractivity contribution in [3.05, 3.63) is 0 Å². The second-order valence-corrected chi connectivity index (χ2v) is 3.66. The van der Waals surface area contributed by atoms with Crippen LogP contribution in [0.5, 0.6) is 0 Å². The molecule has 0 radical (unpaired) electrons. The van der Waals surface area contributed by atoms with Crippen LogP contribution in [0.2, 0.25) is 0 Å². The van der Waals surface area contributed by atoms with E-state index in [4.69, 9.17) is 9.47 Å². The molecule has 0 aromatic carbocycles. The van der Waals surface area contributed by atoms with Crippen LogP contribution in [-0.4, -0.2) is 30.9 Å². The largest absolute Gasteiger partial charge is 0.466 e. The standard InChI is InChI=1S/C11H16O5/c1-3-15-10(13)8-5-7(12)6-9(8)11(14)16-4-2/h8-9H,3-6H2,1-2H3. The van der Waals surface area contributed by atoms with Crippen molar-refractivity contribution in [2.24, 2.45) is 11.8 Å². The van der Waals surface area contributed by atoms with Crippen LogP contribution < -0.4 is 0 Å². The van der Waals surface area contributed by atoms with Gasteiger partial charge in [-0.25, -0.2) is 0 Å². The Kier molecular flexibility index (Phi) is 4.46. The zero-order valence-corrected chi connectivity index (χ0v) is 9.52. The van der Waals surface area contributed by atoms with Crippen molar-refractivity contribution in [1.82, 2.24) is 0 Å². The summed E-state index contributed by atoms with van der Waals surface area (Å²) in [5, 5.41) is 0. The lowest BCUT2D eigenvalue weighted by atomic mass is 9.96. The highest BCUT2D eigenvalue weighted by Crippen LogP contribution is 2.31. The van der Waals surface area contributed by atoms with Crippen molar-refractivity contribution < 1.29 is 23.9 Å². The van der Waals surface area contributed by atoms with Crippen molar-refractivity contribution in [2.45, 2.75) is 26.7 Å². The Bertz CT molecular complexity index is 269. The third-order valence-corrected chi connectivity index (χ3v) is 2.56. The number of rotatable bonds is 4. The molecule has 0 aromatic rings. The maximum atomic E-state index is 11.5. The second-order valence-electron chi connectivity index (χ2n) is 3.66. The van der Waals surface area contributed by atoms with Crippen LogP contribution in [0.3, 0.4) is 0 Å². The predicted octanol–water partition coefficient (Wildman–Crippen LogP) is 0.708. The van der Waals surface area contributed by atoms with E-state index in [0.717, 1.165) is 0 Å². The van der Waals surface area contributed by atoms with Gasteiger partial charge >= 0.3 is 11.9 Å². The average molecular weight is 228 g/mol. The van der Waals surface area contributed by atoms with Crippen molar-refractivity contribution in [1.29, 1.82) is 0 Å². The van der Waals surface area contributed by atoms with Crippen LogP contribution >= 0.6 is 0 Å². The molecule has 1 aliphatic rings. The number of carbonyl (C=O) groups excluding carboxylic acids is 3. The Morgan fingerprint density at radius 1 is 1.06 bits per heavy atom. The van der Waals surface area contributed by atoms with Gasteiger partial charge in [-0.05, 0) is 13.8 Å². The molecule has 2 unspecified atom stereocenters. The lowest BCUT2D eigenvalue weighted by Crippen LogP contribution is -2.28. The van der Waals surface area contributed by atoms with Crippen molar-refractivity contribution in [2.75, 3.05) is 13.2 Å². The molecule has 0 spiro atoms. The Morgan fingerprint density at radius 3 is 1.75 bits per heavy atom. The van der Waals surface area contributed by atoms with E-state index in [0.29, 0.717) is 0 Å². The SMILES string of the molecule is CCOC(=O)C1CC(=O)CC1C(=O)OCC. The fourth-order valence-corrected chi connectivity index (χ4v) is 1.85. The monoisotopic (exact) mass is 228 g/mol. The van der Waals surface area contributed by atoms with Crippen LogP contribution in [0.1, 0.15) is 26.7 Å². The number of hydrogen-bond donors (Lipinski definition) is 0. The molecule has 0 bridgehead atoms. The maximum absolute atomic E-state index is 11.5. The van der Waals surface area contributed by atoms with E-state index in [2.05, 4.69) is 0 Å². The van der Waals surface area contributed by atoms with Gasteiger partial charge in [0.2, 0.25) is 0 Å². The summed E-state index contributed by atoms with van der Waals surface area (Å²) in [5.41, 5.74) is 0. The molecule has 90 valence electrons. The summed E-state index contributed by atoms with van der Waals surface area (Å²) in [6.07, 6.45) is 0.171. The third kappa shape index (κ3) is 2.81. The fraction of sp³-hybridized carbons (Fsp3) is 0.727. The Labute approximate surface area is 94.1 Å². The highest BCUT2D eigenvalue weighted by Gasteiger charge is 2.43. The second kappa shape index (κ2) is 5.63. The molecule has 1 fully saturated rings. The molecular weight excluding hydrogens is 212 g/mol. The van der Waals surface area contributed by atoms with Crippen LogP contribution in [0, 0.1) is 11.8 Å². The first kappa shape index (κ1) is 12.7. The molecule has 1 saturated carbocycles. The lowest BCUT2D eigenvalue weighted by molar-refractivity contribution is -0.158. The van der Waals surface area contributed by atoms with Crippen LogP contribution in [0.15, 0.2) is 0 Å². The minimum Gasteiger partial charge on any atom is -0.466 e. The van der Waals surface area contributed by atoms with E-state index in [1.165, 1.54) is 0 Å². The molecule has 2 atom stereocenters. The van der Waals surface area contributed by atoms with E-state index in [9.17, 15) is 14.4 Å². The molecule has 16 heavy (non-hydrogen) atoms. The zero-order valence-electron chi connectivity index (χ0n) is 9.52. The van der Waals surface area contributed by atoms with Crippen LogP contribution in [0.4, 0.5) is 0 Å². The zero-order chi connectivity index (χ0) is 12.1. The number of Topliss-reactive ketones (excluding diaryl/α,β-unsaturated/α-hetero) is 1. The Hall–Kier alpha value is -1.39. The minimum atomic E-state index is -0.661. The van der Waals surface area contributed by atoms with Gasteiger partial charge in [0.15, 0.2) is 0 Å². The van der Waals surface area contributed by atoms with E-state index in [1.54, 1.807) is 13.8 Å². The van der Waals surface area contributed by atoms with Gasteiger partial charge in [0.25, 0.3) is 0 Å². The van der Waals surface area contributed by atoms with Crippen LogP contribution in [0.25, 0.3) is 0 Å². The molecule has 5 nitrogen and oxygen atoms in total. The maximum Gasteiger partial charge on any atom is 0.310 e. The van der Waals surface area contributed by atoms with Crippen molar-refractivity contribution >= 4 is 17.7 Å². The van der Waals surface area contributed by atoms with Gasteiger partial charge in [0.1, 0.15) is 5.78 Å². The summed E-state index contributed by atoms with van der Waals surface area (Å²) < 4.78 is 9.67. The van der Waals surface area contributed by atoms with Gasteiger partial charge in [-0.1, -0.05) is 0 Å². The van der Waals surface area contributed by atoms with Gasteiger partial charge in [-0.3, -0.25) is 14.4 Å². The van der Waals surface area contributed by atoms with Gasteiger partial charge in [-0.15, -0.1) is 0 Å². The summed E-state index contributed by atoms with van der Waals surface area (Å²) in [6, 6.07) is 0. The van der Waals surface area contributed by atoms with E-state index in [1.807, 2.05) is 0 Å². The first-order valence-electron chi connectivity index (χ1n) is 5.45. The minimum absolute atomic E-state index is 0.0856. The first-order valence-corrected chi connectivity index (χ1v) is 5.45. The summed E-state index contributed by atoms with van der Waals surface area (Å²) in [4.78, 5) is 34.3. The Morgan fingerprint density at radius 2 is 1.44 bits per heavy atom. The molecule has 1 rings (SSSR count). The van der Waals surface area contributed by atoms with E-state index >= 15 is 0 Å². The third-order valence-electron chi connectivity index (χ3n) is 2.56. The average Bonchev–Trinajstić information content (AvgIpc) is 2.61. The first-order chi connectivity index (χ1) is 7.60. The molecule has 0 heterocycles. The summed E-state index contributed by atoms with van der Waals surface area (Å²) in [7, 11) is 0. The number of hydrogen-bond acceptors (Lipinski definition) is 5. The highest BCUT2D eigenvalue weighted by molar-refractivity contribution is 5.95. The smallest absolute Gasteiger partial charge is 0.310 e. The molecule has 5 heteroatoms. The number of ketones is 1. The van der Waals surface area contributed by atoms with Gasteiger partial charge < -0.3 is 9.47 Å². The molecule has 1 aliphatic carbocycles. The summed E-state index contributed by atoms with van der Waals surface area (Å²) in [5.74, 6) is -2.37. The lowest BCUT2D eigenvalue weighted by Gasteiger charge is -2.15. The summed E-state index contributed by atoms with van der Waals surface area (Å²) >= 11 is 0. The Balaban J connectivity index is 2.69. The van der Waals surface area contributed by atoms with Gasteiger partial charge in [0, 0.05) is 12.8 Å². The number of carbonyl (C=O) groups is 3. The highest BCUT2D eigenvalue weighted by atomic mass is 16.5.